The van der Waals surface area contributed by atoms with Crippen LogP contribution in [0.1, 0.15) is 57.7 Å². The Bertz CT molecular complexity index is 270. The molecule has 0 aliphatic carbocycles. The van der Waals surface area contributed by atoms with Gasteiger partial charge in [0.2, 0.25) is 0 Å². The maximum atomic E-state index is 9.11. The smallest absolute Gasteiger partial charge is 0.0951 e. The molecule has 0 saturated heterocycles. The third-order valence-corrected chi connectivity index (χ3v) is 2.86. The number of unbranched alkanes of at least 4 members (excludes halogenated alkanes) is 3. The average Bonchev–Trinajstić information content (AvgIpc) is 2.72. The van der Waals surface area contributed by atoms with E-state index in [-0.39, 0.29) is 6.61 Å². The number of rotatable bonds is 7. The molecule has 1 aromatic rings. The van der Waals surface area contributed by atoms with E-state index in [0.29, 0.717) is 6.04 Å². The molecule has 3 nitrogen and oxygen atoms in total. The van der Waals surface area contributed by atoms with Gasteiger partial charge in [0.1, 0.15) is 0 Å². The van der Waals surface area contributed by atoms with Crippen LogP contribution in [-0.2, 0) is 6.61 Å². The summed E-state index contributed by atoms with van der Waals surface area (Å²) in [4.78, 5) is 4.06. The quantitative estimate of drug-likeness (QED) is 0.703. The van der Waals surface area contributed by atoms with Gasteiger partial charge in [-0.1, -0.05) is 32.6 Å². The molecule has 1 rings (SSSR count). The molecule has 0 aromatic carbocycles. The van der Waals surface area contributed by atoms with E-state index in [1.54, 1.807) is 6.20 Å². The maximum absolute atomic E-state index is 9.11. The van der Waals surface area contributed by atoms with Gasteiger partial charge >= 0.3 is 0 Å². The van der Waals surface area contributed by atoms with Gasteiger partial charge in [-0.3, -0.25) is 0 Å². The number of hydrogen-bond acceptors (Lipinski definition) is 2. The van der Waals surface area contributed by atoms with Gasteiger partial charge in [-0.15, -0.1) is 0 Å². The first-order valence-electron chi connectivity index (χ1n) is 5.91. The first kappa shape index (κ1) is 12.2. The van der Waals surface area contributed by atoms with Crippen LogP contribution in [-0.4, -0.2) is 14.7 Å². The molecule has 0 amide bonds. The van der Waals surface area contributed by atoms with Gasteiger partial charge in [-0.25, -0.2) is 4.98 Å². The average molecular weight is 210 g/mol. The third kappa shape index (κ3) is 3.67. The second kappa shape index (κ2) is 6.62. The predicted molar refractivity (Wildman–Crippen MR) is 61.6 cm³/mol. The van der Waals surface area contributed by atoms with Crippen LogP contribution in [0.4, 0.5) is 0 Å². The summed E-state index contributed by atoms with van der Waals surface area (Å²) in [5, 5.41) is 9.11. The molecule has 0 aliphatic rings. The molecule has 0 radical (unpaired) electrons. The zero-order valence-corrected chi connectivity index (χ0v) is 9.82. The molecule has 1 unspecified atom stereocenters. The minimum absolute atomic E-state index is 0.0826. The van der Waals surface area contributed by atoms with E-state index in [0.717, 1.165) is 5.69 Å². The number of aliphatic hydroxyl groups excluding tert-OH is 1. The zero-order chi connectivity index (χ0) is 11.1. The number of aliphatic hydroxyl groups is 1. The normalized spacial score (nSPS) is 13.0. The Hall–Kier alpha value is -0.830. The van der Waals surface area contributed by atoms with E-state index < -0.39 is 0 Å². The SMILES string of the molecule is CCCCCCC(C)n1cncc1CO. The molecular formula is C12H22N2O. The molecule has 0 aliphatic heterocycles. The van der Waals surface area contributed by atoms with Crippen LogP contribution in [0.5, 0.6) is 0 Å². The van der Waals surface area contributed by atoms with Crippen molar-refractivity contribution in [2.45, 2.75) is 58.6 Å². The van der Waals surface area contributed by atoms with Crippen LogP contribution < -0.4 is 0 Å². The molecule has 1 atom stereocenters. The standard InChI is InChI=1S/C12H22N2O/c1-3-4-5-6-7-11(2)14-10-13-8-12(14)9-15/h8,10-11,15H,3-7,9H2,1-2H3. The summed E-state index contributed by atoms with van der Waals surface area (Å²) in [6.07, 6.45) is 9.90. The largest absolute Gasteiger partial charge is 0.390 e. The Labute approximate surface area is 92.1 Å². The van der Waals surface area contributed by atoms with Crippen molar-refractivity contribution in [2.24, 2.45) is 0 Å². The topological polar surface area (TPSA) is 38.0 Å². The minimum atomic E-state index is 0.0826. The Balaban J connectivity index is 2.36. The first-order chi connectivity index (χ1) is 7.29. The number of aromatic nitrogens is 2. The predicted octanol–water partition coefficient (Wildman–Crippen LogP) is 2.91. The van der Waals surface area contributed by atoms with Crippen LogP contribution in [0, 0.1) is 0 Å². The van der Waals surface area contributed by atoms with E-state index >= 15 is 0 Å². The molecule has 3 heteroatoms. The summed E-state index contributed by atoms with van der Waals surface area (Å²) in [5.74, 6) is 0. The molecule has 0 spiro atoms. The maximum Gasteiger partial charge on any atom is 0.0951 e. The first-order valence-corrected chi connectivity index (χ1v) is 5.91. The van der Waals surface area contributed by atoms with Crippen molar-refractivity contribution >= 4 is 0 Å². The van der Waals surface area contributed by atoms with Crippen molar-refractivity contribution in [3.63, 3.8) is 0 Å². The van der Waals surface area contributed by atoms with Crippen molar-refractivity contribution < 1.29 is 5.11 Å². The van der Waals surface area contributed by atoms with Gasteiger partial charge in [0.05, 0.1) is 24.8 Å². The van der Waals surface area contributed by atoms with Crippen LogP contribution >= 0.6 is 0 Å². The number of hydrogen-bond donors (Lipinski definition) is 1. The molecule has 0 saturated carbocycles. The van der Waals surface area contributed by atoms with Gasteiger partial charge in [0.15, 0.2) is 0 Å². The van der Waals surface area contributed by atoms with Crippen LogP contribution in [0.3, 0.4) is 0 Å². The lowest BCUT2D eigenvalue weighted by Gasteiger charge is -2.15. The van der Waals surface area contributed by atoms with E-state index in [9.17, 15) is 0 Å². The highest BCUT2D eigenvalue weighted by molar-refractivity contribution is 4.97. The lowest BCUT2D eigenvalue weighted by molar-refractivity contribution is 0.265. The van der Waals surface area contributed by atoms with Crippen LogP contribution in [0.25, 0.3) is 0 Å². The molecule has 15 heavy (non-hydrogen) atoms. The number of nitrogens with zero attached hydrogens (tertiary/aromatic N) is 2. The molecule has 1 heterocycles. The highest BCUT2D eigenvalue weighted by Gasteiger charge is 2.07. The highest BCUT2D eigenvalue weighted by atomic mass is 16.3. The van der Waals surface area contributed by atoms with Gasteiger partial charge in [-0.2, -0.15) is 0 Å². The fraction of sp³-hybridized carbons (Fsp3) is 0.750. The Kier molecular flexibility index (Phi) is 5.40. The summed E-state index contributed by atoms with van der Waals surface area (Å²) in [5.41, 5.74) is 0.915. The van der Waals surface area contributed by atoms with Gasteiger partial charge < -0.3 is 9.67 Å². The van der Waals surface area contributed by atoms with Crippen LogP contribution in [0.15, 0.2) is 12.5 Å². The Morgan fingerprint density at radius 1 is 1.40 bits per heavy atom. The molecule has 0 bridgehead atoms. The monoisotopic (exact) mass is 210 g/mol. The van der Waals surface area contributed by atoms with Crippen molar-refractivity contribution in [3.05, 3.63) is 18.2 Å². The van der Waals surface area contributed by atoms with Crippen molar-refractivity contribution in [1.29, 1.82) is 0 Å². The summed E-state index contributed by atoms with van der Waals surface area (Å²) in [6.45, 7) is 4.50. The Morgan fingerprint density at radius 3 is 2.87 bits per heavy atom. The molecule has 86 valence electrons. The van der Waals surface area contributed by atoms with Crippen molar-refractivity contribution in [1.82, 2.24) is 9.55 Å². The van der Waals surface area contributed by atoms with Gasteiger partial charge in [0, 0.05) is 6.04 Å². The van der Waals surface area contributed by atoms with Crippen LogP contribution in [0.2, 0.25) is 0 Å². The molecular weight excluding hydrogens is 188 g/mol. The Morgan fingerprint density at radius 2 is 2.20 bits per heavy atom. The van der Waals surface area contributed by atoms with E-state index in [2.05, 4.69) is 23.4 Å². The third-order valence-electron chi connectivity index (χ3n) is 2.86. The summed E-state index contributed by atoms with van der Waals surface area (Å²) < 4.78 is 2.08. The second-order valence-corrected chi connectivity index (χ2v) is 4.15. The van der Waals surface area contributed by atoms with Crippen molar-refractivity contribution in [2.75, 3.05) is 0 Å². The van der Waals surface area contributed by atoms with Gasteiger partial charge in [0.25, 0.3) is 0 Å². The summed E-state index contributed by atoms with van der Waals surface area (Å²) in [7, 11) is 0. The molecule has 1 aromatic heterocycles. The molecule has 0 fully saturated rings. The second-order valence-electron chi connectivity index (χ2n) is 4.15. The van der Waals surface area contributed by atoms with E-state index in [1.807, 2.05) is 6.33 Å². The minimum Gasteiger partial charge on any atom is -0.390 e. The number of imidazole rings is 1. The van der Waals surface area contributed by atoms with Crippen molar-refractivity contribution in [3.8, 4) is 0 Å². The lowest BCUT2D eigenvalue weighted by atomic mass is 10.1. The van der Waals surface area contributed by atoms with Gasteiger partial charge in [-0.05, 0) is 13.3 Å². The summed E-state index contributed by atoms with van der Waals surface area (Å²) >= 11 is 0. The van der Waals surface area contributed by atoms with E-state index in [4.69, 9.17) is 5.11 Å². The fourth-order valence-electron chi connectivity index (χ4n) is 1.86. The lowest BCUT2D eigenvalue weighted by Crippen LogP contribution is -2.07. The van der Waals surface area contributed by atoms with E-state index in [1.165, 1.54) is 32.1 Å². The highest BCUT2D eigenvalue weighted by Crippen LogP contribution is 2.17. The molecule has 1 N–H and O–H groups in total. The summed E-state index contributed by atoms with van der Waals surface area (Å²) in [6, 6.07) is 0.450. The zero-order valence-electron chi connectivity index (χ0n) is 9.82. The fourth-order valence-corrected chi connectivity index (χ4v) is 1.86.